The number of aromatic nitrogens is 2. The first-order valence-electron chi connectivity index (χ1n) is 9.76. The predicted molar refractivity (Wildman–Crippen MR) is 108 cm³/mol. The number of carbonyl (C=O) groups is 2. The molecule has 1 aromatic heterocycles. The maximum absolute atomic E-state index is 13.1. The SMILES string of the molecule is Cn1c(CNC(=O)C2CCCN(C(=O)c3ccc(F)cc3)C2)nc2ccccc21. The molecule has 6 nitrogen and oxygen atoms in total. The van der Waals surface area contributed by atoms with E-state index >= 15 is 0 Å². The number of rotatable bonds is 4. The van der Waals surface area contributed by atoms with Crippen LogP contribution in [0.2, 0.25) is 0 Å². The normalized spacial score (nSPS) is 16.8. The van der Waals surface area contributed by atoms with E-state index < -0.39 is 0 Å². The average Bonchev–Trinajstić information content (AvgIpc) is 3.08. The van der Waals surface area contributed by atoms with Gasteiger partial charge in [0.05, 0.1) is 23.5 Å². The number of carbonyl (C=O) groups excluding carboxylic acids is 2. The summed E-state index contributed by atoms with van der Waals surface area (Å²) in [5, 5.41) is 2.97. The van der Waals surface area contributed by atoms with E-state index in [4.69, 9.17) is 0 Å². The van der Waals surface area contributed by atoms with Crippen LogP contribution in [0.1, 0.15) is 29.0 Å². The lowest BCUT2D eigenvalue weighted by atomic mass is 9.96. The summed E-state index contributed by atoms with van der Waals surface area (Å²) in [5.74, 6) is -0.0941. The molecule has 2 heterocycles. The Bertz CT molecular complexity index is 1040. The van der Waals surface area contributed by atoms with E-state index in [0.717, 1.165) is 29.7 Å². The number of benzene rings is 2. The van der Waals surface area contributed by atoms with Gasteiger partial charge in [-0.2, -0.15) is 0 Å². The van der Waals surface area contributed by atoms with Crippen LogP contribution in [-0.2, 0) is 18.4 Å². The Hall–Kier alpha value is -3.22. The van der Waals surface area contributed by atoms with Crippen LogP contribution in [0.25, 0.3) is 11.0 Å². The van der Waals surface area contributed by atoms with Crippen LogP contribution in [0.4, 0.5) is 4.39 Å². The highest BCUT2D eigenvalue weighted by atomic mass is 19.1. The summed E-state index contributed by atoms with van der Waals surface area (Å²) in [5.41, 5.74) is 2.35. The number of likely N-dealkylation sites (tertiary alicyclic amines) is 1. The number of nitrogens with one attached hydrogen (secondary N) is 1. The van der Waals surface area contributed by atoms with Gasteiger partial charge in [-0.3, -0.25) is 9.59 Å². The standard InChI is InChI=1S/C22H23FN4O2/c1-26-19-7-3-2-6-18(19)25-20(26)13-24-21(28)16-5-4-12-27(14-16)22(29)15-8-10-17(23)11-9-15/h2-3,6-11,16H,4-5,12-14H2,1H3,(H,24,28). The smallest absolute Gasteiger partial charge is 0.253 e. The van der Waals surface area contributed by atoms with Crippen molar-refractivity contribution in [3.63, 3.8) is 0 Å². The van der Waals surface area contributed by atoms with Gasteiger partial charge in [0, 0.05) is 25.7 Å². The summed E-state index contributed by atoms with van der Waals surface area (Å²) in [6, 6.07) is 13.3. The lowest BCUT2D eigenvalue weighted by molar-refractivity contribution is -0.126. The largest absolute Gasteiger partial charge is 0.349 e. The molecule has 1 saturated heterocycles. The maximum Gasteiger partial charge on any atom is 0.253 e. The molecule has 1 atom stereocenters. The van der Waals surface area contributed by atoms with Gasteiger partial charge in [0.15, 0.2) is 0 Å². The van der Waals surface area contributed by atoms with Gasteiger partial charge in [-0.25, -0.2) is 9.37 Å². The van der Waals surface area contributed by atoms with Crippen molar-refractivity contribution in [2.75, 3.05) is 13.1 Å². The van der Waals surface area contributed by atoms with Gasteiger partial charge >= 0.3 is 0 Å². The third kappa shape index (κ3) is 3.99. The lowest BCUT2D eigenvalue weighted by Gasteiger charge is -2.32. The molecule has 0 radical (unpaired) electrons. The summed E-state index contributed by atoms with van der Waals surface area (Å²) in [6.07, 6.45) is 1.50. The molecule has 4 rings (SSSR count). The molecule has 0 saturated carbocycles. The van der Waals surface area contributed by atoms with Gasteiger partial charge in [-0.05, 0) is 49.2 Å². The van der Waals surface area contributed by atoms with Gasteiger partial charge in [0.2, 0.25) is 5.91 Å². The Kier molecular flexibility index (Phi) is 5.29. The molecule has 0 bridgehead atoms. The molecule has 150 valence electrons. The van der Waals surface area contributed by atoms with E-state index in [2.05, 4.69) is 10.3 Å². The quantitative estimate of drug-likeness (QED) is 0.740. The van der Waals surface area contributed by atoms with Crippen molar-refractivity contribution in [3.8, 4) is 0 Å². The predicted octanol–water partition coefficient (Wildman–Crippen LogP) is 2.88. The van der Waals surface area contributed by atoms with Crippen molar-refractivity contribution < 1.29 is 14.0 Å². The second-order valence-corrected chi connectivity index (χ2v) is 7.39. The second kappa shape index (κ2) is 8.03. The van der Waals surface area contributed by atoms with Crippen molar-refractivity contribution in [1.29, 1.82) is 0 Å². The van der Waals surface area contributed by atoms with Crippen LogP contribution < -0.4 is 5.32 Å². The third-order valence-corrected chi connectivity index (χ3v) is 5.47. The fourth-order valence-corrected chi connectivity index (χ4v) is 3.81. The molecular weight excluding hydrogens is 371 g/mol. The summed E-state index contributed by atoms with van der Waals surface area (Å²) >= 11 is 0. The summed E-state index contributed by atoms with van der Waals surface area (Å²) < 4.78 is 15.1. The minimum Gasteiger partial charge on any atom is -0.349 e. The van der Waals surface area contributed by atoms with Gasteiger partial charge in [-0.15, -0.1) is 0 Å². The summed E-state index contributed by atoms with van der Waals surface area (Å²) in [4.78, 5) is 31.6. The first-order valence-corrected chi connectivity index (χ1v) is 9.76. The molecule has 2 aromatic carbocycles. The average molecular weight is 394 g/mol. The number of piperidine rings is 1. The number of imidazole rings is 1. The van der Waals surface area contributed by atoms with Gasteiger partial charge in [0.25, 0.3) is 5.91 Å². The summed E-state index contributed by atoms with van der Waals surface area (Å²) in [7, 11) is 1.93. The fraction of sp³-hybridized carbons (Fsp3) is 0.318. The number of nitrogens with zero attached hydrogens (tertiary/aromatic N) is 3. The molecule has 29 heavy (non-hydrogen) atoms. The van der Waals surface area contributed by atoms with Crippen LogP contribution in [0.3, 0.4) is 0 Å². The topological polar surface area (TPSA) is 67.2 Å². The molecular formula is C22H23FN4O2. The number of halogens is 1. The number of para-hydroxylation sites is 2. The number of fused-ring (bicyclic) bond motifs is 1. The number of amides is 2. The molecule has 3 aromatic rings. The van der Waals surface area contributed by atoms with E-state index in [1.54, 1.807) is 4.90 Å². The Labute approximate surface area is 168 Å². The molecule has 7 heteroatoms. The van der Waals surface area contributed by atoms with Crippen molar-refractivity contribution in [2.24, 2.45) is 13.0 Å². The first-order chi connectivity index (χ1) is 14.0. The highest BCUT2D eigenvalue weighted by molar-refractivity contribution is 5.94. The fourth-order valence-electron chi connectivity index (χ4n) is 3.81. The van der Waals surface area contributed by atoms with Crippen molar-refractivity contribution in [3.05, 3.63) is 65.7 Å². The Morgan fingerprint density at radius 3 is 2.69 bits per heavy atom. The highest BCUT2D eigenvalue weighted by Crippen LogP contribution is 2.20. The third-order valence-electron chi connectivity index (χ3n) is 5.47. The molecule has 1 aliphatic rings. The summed E-state index contributed by atoms with van der Waals surface area (Å²) in [6.45, 7) is 1.31. The van der Waals surface area contributed by atoms with Crippen molar-refractivity contribution in [1.82, 2.24) is 19.8 Å². The zero-order valence-corrected chi connectivity index (χ0v) is 16.3. The van der Waals surface area contributed by atoms with Gasteiger partial charge in [-0.1, -0.05) is 12.1 Å². The molecule has 1 unspecified atom stereocenters. The monoisotopic (exact) mass is 394 g/mol. The zero-order chi connectivity index (χ0) is 20.4. The molecule has 1 fully saturated rings. The van der Waals surface area contributed by atoms with E-state index in [-0.39, 0.29) is 23.5 Å². The van der Waals surface area contributed by atoms with E-state index in [1.807, 2.05) is 35.9 Å². The number of aryl methyl sites for hydroxylation is 1. The lowest BCUT2D eigenvalue weighted by Crippen LogP contribution is -2.45. The minimum atomic E-state index is -0.376. The van der Waals surface area contributed by atoms with Crippen molar-refractivity contribution in [2.45, 2.75) is 19.4 Å². The number of hydrogen-bond acceptors (Lipinski definition) is 3. The maximum atomic E-state index is 13.1. The van der Waals surface area contributed by atoms with E-state index in [0.29, 0.717) is 25.2 Å². The zero-order valence-electron chi connectivity index (χ0n) is 16.3. The molecule has 1 aliphatic heterocycles. The molecule has 2 amide bonds. The van der Waals surface area contributed by atoms with Crippen LogP contribution in [0.15, 0.2) is 48.5 Å². The van der Waals surface area contributed by atoms with Crippen LogP contribution in [-0.4, -0.2) is 39.4 Å². The second-order valence-electron chi connectivity index (χ2n) is 7.39. The van der Waals surface area contributed by atoms with Crippen LogP contribution >= 0.6 is 0 Å². The van der Waals surface area contributed by atoms with E-state index in [1.165, 1.54) is 24.3 Å². The first kappa shape index (κ1) is 19.1. The van der Waals surface area contributed by atoms with E-state index in [9.17, 15) is 14.0 Å². The highest BCUT2D eigenvalue weighted by Gasteiger charge is 2.29. The molecule has 0 aliphatic carbocycles. The Morgan fingerprint density at radius 1 is 1.17 bits per heavy atom. The Balaban J connectivity index is 1.38. The molecule has 1 N–H and O–H groups in total. The van der Waals surface area contributed by atoms with Gasteiger partial charge in [0.1, 0.15) is 11.6 Å². The van der Waals surface area contributed by atoms with Crippen molar-refractivity contribution >= 4 is 22.8 Å². The molecule has 0 spiro atoms. The number of hydrogen-bond donors (Lipinski definition) is 1. The van der Waals surface area contributed by atoms with Gasteiger partial charge < -0.3 is 14.8 Å². The van der Waals surface area contributed by atoms with Crippen LogP contribution in [0.5, 0.6) is 0 Å². The minimum absolute atomic E-state index is 0.0753. The van der Waals surface area contributed by atoms with Crippen LogP contribution in [0, 0.1) is 11.7 Å². The Morgan fingerprint density at radius 2 is 1.93 bits per heavy atom.